The maximum Gasteiger partial charge on any atom is 0.254 e. The highest BCUT2D eigenvalue weighted by Gasteiger charge is 2.25. The molecule has 1 aromatic carbocycles. The van der Waals surface area contributed by atoms with Crippen LogP contribution in [0.5, 0.6) is 11.5 Å². The maximum atomic E-state index is 12.6. The molecule has 2 aliphatic rings. The van der Waals surface area contributed by atoms with E-state index in [-0.39, 0.29) is 12.7 Å². The highest BCUT2D eigenvalue weighted by atomic mass is 16.7. The van der Waals surface area contributed by atoms with Gasteiger partial charge in [-0.2, -0.15) is 0 Å². The normalized spacial score (nSPS) is 16.7. The number of anilines is 1. The van der Waals surface area contributed by atoms with Crippen molar-refractivity contribution in [3.63, 3.8) is 0 Å². The van der Waals surface area contributed by atoms with Crippen molar-refractivity contribution in [2.75, 3.05) is 37.9 Å². The Bertz CT molecular complexity index is 735. The van der Waals surface area contributed by atoms with Gasteiger partial charge in [-0.3, -0.25) is 4.79 Å². The Balaban J connectivity index is 1.43. The molecule has 4 rings (SSSR count). The number of nitrogens with zero attached hydrogens (tertiary/aromatic N) is 3. The van der Waals surface area contributed by atoms with Crippen LogP contribution in [0, 0.1) is 6.92 Å². The number of ether oxygens (including phenoxy) is 2. The second-order valence-electron chi connectivity index (χ2n) is 5.64. The largest absolute Gasteiger partial charge is 0.454 e. The highest BCUT2D eigenvalue weighted by Crippen LogP contribution is 2.32. The van der Waals surface area contributed by atoms with Crippen LogP contribution < -0.4 is 14.4 Å². The van der Waals surface area contributed by atoms with E-state index in [2.05, 4.69) is 10.1 Å². The number of benzene rings is 1. The van der Waals surface area contributed by atoms with E-state index < -0.39 is 0 Å². The summed E-state index contributed by atoms with van der Waals surface area (Å²) in [6, 6.07) is 7.22. The van der Waals surface area contributed by atoms with Crippen molar-refractivity contribution in [3.05, 3.63) is 35.6 Å². The van der Waals surface area contributed by atoms with Crippen molar-refractivity contribution in [1.29, 1.82) is 0 Å². The van der Waals surface area contributed by atoms with Gasteiger partial charge in [-0.25, -0.2) is 0 Å². The molecule has 1 fully saturated rings. The van der Waals surface area contributed by atoms with E-state index in [1.54, 1.807) is 18.2 Å². The molecule has 3 heterocycles. The first-order chi connectivity index (χ1) is 11.2. The minimum absolute atomic E-state index is 0.0132. The Morgan fingerprint density at radius 1 is 1.09 bits per heavy atom. The van der Waals surface area contributed by atoms with E-state index in [1.807, 2.05) is 17.9 Å². The Morgan fingerprint density at radius 2 is 1.87 bits per heavy atom. The quantitative estimate of drug-likeness (QED) is 0.840. The molecule has 2 aromatic rings. The number of aryl methyl sites for hydroxylation is 1. The SMILES string of the molecule is Cc1cc(N2CCN(C(=O)c3ccc4c(c3)OCO4)CC2)no1. The molecule has 0 spiro atoms. The molecule has 1 saturated heterocycles. The van der Waals surface area contributed by atoms with Crippen molar-refractivity contribution in [1.82, 2.24) is 10.1 Å². The fourth-order valence-corrected chi connectivity index (χ4v) is 2.85. The van der Waals surface area contributed by atoms with Crippen LogP contribution in [0.25, 0.3) is 0 Å². The number of fused-ring (bicyclic) bond motifs is 1. The lowest BCUT2D eigenvalue weighted by atomic mass is 10.1. The third-order valence-electron chi connectivity index (χ3n) is 4.13. The van der Waals surface area contributed by atoms with Gasteiger partial charge in [0.1, 0.15) is 5.76 Å². The Hall–Kier alpha value is -2.70. The molecule has 2 aliphatic heterocycles. The monoisotopic (exact) mass is 315 g/mol. The van der Waals surface area contributed by atoms with Crippen molar-refractivity contribution >= 4 is 11.7 Å². The lowest BCUT2D eigenvalue weighted by Gasteiger charge is -2.34. The Labute approximate surface area is 133 Å². The molecule has 0 atom stereocenters. The molecule has 0 aliphatic carbocycles. The van der Waals surface area contributed by atoms with Gasteiger partial charge in [-0.05, 0) is 25.1 Å². The first-order valence-corrected chi connectivity index (χ1v) is 7.58. The summed E-state index contributed by atoms with van der Waals surface area (Å²) in [5, 5.41) is 4.02. The summed E-state index contributed by atoms with van der Waals surface area (Å²) in [7, 11) is 0. The molecule has 7 heteroatoms. The first-order valence-electron chi connectivity index (χ1n) is 7.58. The second-order valence-corrected chi connectivity index (χ2v) is 5.64. The number of piperazine rings is 1. The summed E-state index contributed by atoms with van der Waals surface area (Å²) in [5.74, 6) is 2.95. The number of hydrogen-bond acceptors (Lipinski definition) is 6. The number of carbonyl (C=O) groups is 1. The maximum absolute atomic E-state index is 12.6. The smallest absolute Gasteiger partial charge is 0.254 e. The van der Waals surface area contributed by atoms with Gasteiger partial charge in [0.15, 0.2) is 17.3 Å². The van der Waals surface area contributed by atoms with Gasteiger partial charge < -0.3 is 23.8 Å². The van der Waals surface area contributed by atoms with Crippen LogP contribution in [-0.4, -0.2) is 48.9 Å². The van der Waals surface area contributed by atoms with E-state index in [1.165, 1.54) is 0 Å². The van der Waals surface area contributed by atoms with Crippen LogP contribution in [0.1, 0.15) is 16.1 Å². The standard InChI is InChI=1S/C16H17N3O4/c1-11-8-15(17-23-11)18-4-6-19(7-5-18)16(20)12-2-3-13-14(9-12)22-10-21-13/h2-3,8-9H,4-7,10H2,1H3. The van der Waals surface area contributed by atoms with E-state index >= 15 is 0 Å². The topological polar surface area (TPSA) is 68.0 Å². The summed E-state index contributed by atoms with van der Waals surface area (Å²) in [6.07, 6.45) is 0. The van der Waals surface area contributed by atoms with E-state index in [0.717, 1.165) is 24.7 Å². The van der Waals surface area contributed by atoms with Crippen LogP contribution in [0.15, 0.2) is 28.8 Å². The third-order valence-corrected chi connectivity index (χ3v) is 4.13. The Morgan fingerprint density at radius 3 is 2.61 bits per heavy atom. The first kappa shape index (κ1) is 13.9. The molecule has 1 amide bonds. The number of amides is 1. The van der Waals surface area contributed by atoms with Crippen LogP contribution in [0.4, 0.5) is 5.82 Å². The van der Waals surface area contributed by atoms with Crippen molar-refractivity contribution < 1.29 is 18.8 Å². The predicted molar refractivity (Wildman–Crippen MR) is 81.9 cm³/mol. The van der Waals surface area contributed by atoms with Crippen LogP contribution in [0.3, 0.4) is 0 Å². The summed E-state index contributed by atoms with van der Waals surface area (Å²) in [4.78, 5) is 16.6. The molecule has 0 saturated carbocycles. The number of aromatic nitrogens is 1. The van der Waals surface area contributed by atoms with E-state index in [0.29, 0.717) is 30.2 Å². The highest BCUT2D eigenvalue weighted by molar-refractivity contribution is 5.95. The number of carbonyl (C=O) groups excluding carboxylic acids is 1. The van der Waals surface area contributed by atoms with Gasteiger partial charge in [-0.1, -0.05) is 5.16 Å². The molecule has 0 radical (unpaired) electrons. The molecule has 120 valence electrons. The number of hydrogen-bond donors (Lipinski definition) is 0. The molecule has 23 heavy (non-hydrogen) atoms. The predicted octanol–water partition coefficient (Wildman–Crippen LogP) is 1.67. The number of rotatable bonds is 2. The summed E-state index contributed by atoms with van der Waals surface area (Å²) in [6.45, 7) is 4.86. The molecule has 0 N–H and O–H groups in total. The molecular weight excluding hydrogens is 298 g/mol. The fraction of sp³-hybridized carbons (Fsp3) is 0.375. The fourth-order valence-electron chi connectivity index (χ4n) is 2.85. The molecule has 0 bridgehead atoms. The minimum Gasteiger partial charge on any atom is -0.454 e. The van der Waals surface area contributed by atoms with Crippen molar-refractivity contribution in [3.8, 4) is 11.5 Å². The van der Waals surface area contributed by atoms with Crippen LogP contribution in [-0.2, 0) is 0 Å². The lowest BCUT2D eigenvalue weighted by molar-refractivity contribution is 0.0746. The van der Waals surface area contributed by atoms with E-state index in [4.69, 9.17) is 14.0 Å². The van der Waals surface area contributed by atoms with Crippen molar-refractivity contribution in [2.45, 2.75) is 6.92 Å². The van der Waals surface area contributed by atoms with Crippen LogP contribution in [0.2, 0.25) is 0 Å². The minimum atomic E-state index is 0.0132. The molecule has 7 nitrogen and oxygen atoms in total. The van der Waals surface area contributed by atoms with E-state index in [9.17, 15) is 4.79 Å². The zero-order valence-electron chi connectivity index (χ0n) is 12.8. The van der Waals surface area contributed by atoms with Gasteiger partial charge in [-0.15, -0.1) is 0 Å². The van der Waals surface area contributed by atoms with Gasteiger partial charge in [0.05, 0.1) is 0 Å². The van der Waals surface area contributed by atoms with Gasteiger partial charge >= 0.3 is 0 Å². The van der Waals surface area contributed by atoms with Gasteiger partial charge in [0, 0.05) is 37.8 Å². The third kappa shape index (κ3) is 2.58. The van der Waals surface area contributed by atoms with Gasteiger partial charge in [0.2, 0.25) is 6.79 Å². The average molecular weight is 315 g/mol. The molecule has 1 aromatic heterocycles. The summed E-state index contributed by atoms with van der Waals surface area (Å²) >= 11 is 0. The summed E-state index contributed by atoms with van der Waals surface area (Å²) < 4.78 is 15.7. The second kappa shape index (κ2) is 5.49. The molecule has 0 unspecified atom stereocenters. The lowest BCUT2D eigenvalue weighted by Crippen LogP contribution is -2.48. The Kier molecular flexibility index (Phi) is 3.33. The zero-order valence-corrected chi connectivity index (χ0v) is 12.8. The van der Waals surface area contributed by atoms with Crippen LogP contribution >= 0.6 is 0 Å². The molecular formula is C16H17N3O4. The zero-order chi connectivity index (χ0) is 15.8. The van der Waals surface area contributed by atoms with Crippen molar-refractivity contribution in [2.24, 2.45) is 0 Å². The summed E-state index contributed by atoms with van der Waals surface area (Å²) in [5.41, 5.74) is 0.625. The van der Waals surface area contributed by atoms with Gasteiger partial charge in [0.25, 0.3) is 5.91 Å². The average Bonchev–Trinajstić information content (AvgIpc) is 3.22.